The first kappa shape index (κ1) is 11.9. The summed E-state index contributed by atoms with van der Waals surface area (Å²) in [5.74, 6) is 0.342. The average molecular weight is 208 g/mol. The Morgan fingerprint density at radius 1 is 1.14 bits per heavy atom. The molecule has 0 saturated heterocycles. The van der Waals surface area contributed by atoms with Gasteiger partial charge in [0.2, 0.25) is 0 Å². The maximum atomic E-state index is 12.7. The van der Waals surface area contributed by atoms with Crippen molar-refractivity contribution in [3.63, 3.8) is 0 Å². The molecule has 1 rings (SSSR count). The Balaban J connectivity index is 2.66. The van der Waals surface area contributed by atoms with Crippen molar-refractivity contribution in [2.75, 3.05) is 0 Å². The second kappa shape index (κ2) is 3.74. The number of alkyl halides is 3. The smallest absolute Gasteiger partial charge is 0.171 e. The van der Waals surface area contributed by atoms with Crippen molar-refractivity contribution in [3.8, 4) is 0 Å². The van der Waals surface area contributed by atoms with E-state index in [1.165, 1.54) is 13.8 Å². The van der Waals surface area contributed by atoms with Crippen LogP contribution in [0.25, 0.3) is 0 Å². The van der Waals surface area contributed by atoms with Crippen LogP contribution in [0.5, 0.6) is 0 Å². The summed E-state index contributed by atoms with van der Waals surface area (Å²) in [6.07, 6.45) is -0.570. The van der Waals surface area contributed by atoms with Gasteiger partial charge in [-0.3, -0.25) is 0 Å². The molecule has 2 unspecified atom stereocenters. The Bertz CT molecular complexity index is 193. The summed E-state index contributed by atoms with van der Waals surface area (Å²) in [7, 11) is 0. The fourth-order valence-corrected chi connectivity index (χ4v) is 2.33. The molecule has 0 bridgehead atoms. The Labute approximate surface area is 83.9 Å². The summed E-state index contributed by atoms with van der Waals surface area (Å²) < 4.78 is 38.1. The minimum absolute atomic E-state index is 0.174. The summed E-state index contributed by atoms with van der Waals surface area (Å²) in [6, 6.07) is 0. The van der Waals surface area contributed by atoms with Gasteiger partial charge in [-0.05, 0) is 24.7 Å². The Morgan fingerprint density at radius 3 is 2.07 bits per heavy atom. The van der Waals surface area contributed by atoms with Gasteiger partial charge in [0, 0.05) is 0 Å². The molecule has 0 radical (unpaired) electrons. The van der Waals surface area contributed by atoms with Crippen LogP contribution in [0.15, 0.2) is 0 Å². The molecule has 0 aliphatic heterocycles. The van der Waals surface area contributed by atoms with Crippen molar-refractivity contribution in [2.45, 2.75) is 52.6 Å². The average Bonchev–Trinajstić information content (AvgIpc) is 2.49. The van der Waals surface area contributed by atoms with Crippen molar-refractivity contribution in [3.05, 3.63) is 0 Å². The molecular weight excluding hydrogens is 189 g/mol. The minimum Gasteiger partial charge on any atom is -0.171 e. The Hall–Kier alpha value is -0.210. The molecule has 1 fully saturated rings. The third kappa shape index (κ3) is 2.06. The van der Waals surface area contributed by atoms with E-state index in [2.05, 4.69) is 6.92 Å². The first-order valence-corrected chi connectivity index (χ1v) is 5.35. The Morgan fingerprint density at radius 2 is 1.71 bits per heavy atom. The zero-order valence-corrected chi connectivity index (χ0v) is 9.12. The summed E-state index contributed by atoms with van der Waals surface area (Å²) in [5.41, 5.74) is -1.50. The summed E-state index contributed by atoms with van der Waals surface area (Å²) in [4.78, 5) is 0. The van der Waals surface area contributed by atoms with E-state index in [1.807, 2.05) is 0 Å². The van der Waals surface area contributed by atoms with Gasteiger partial charge in [0.05, 0.1) is 5.41 Å². The number of halogens is 3. The standard InChI is InChI=1S/C11H19F3/c1-4-8-5-6-9(7-8)10(2,3)11(12,13)14/h8-9H,4-7H2,1-3H3. The predicted octanol–water partition coefficient (Wildman–Crippen LogP) is 4.40. The highest BCUT2D eigenvalue weighted by Crippen LogP contribution is 2.51. The molecule has 1 aliphatic rings. The lowest BCUT2D eigenvalue weighted by Gasteiger charge is -2.34. The van der Waals surface area contributed by atoms with Crippen molar-refractivity contribution in [2.24, 2.45) is 17.3 Å². The van der Waals surface area contributed by atoms with Gasteiger partial charge in [0.25, 0.3) is 0 Å². The van der Waals surface area contributed by atoms with Crippen LogP contribution >= 0.6 is 0 Å². The van der Waals surface area contributed by atoms with E-state index >= 15 is 0 Å². The molecule has 14 heavy (non-hydrogen) atoms. The highest BCUT2D eigenvalue weighted by molar-refractivity contribution is 4.90. The van der Waals surface area contributed by atoms with E-state index in [-0.39, 0.29) is 5.92 Å². The van der Waals surface area contributed by atoms with E-state index in [9.17, 15) is 13.2 Å². The molecule has 84 valence electrons. The van der Waals surface area contributed by atoms with E-state index < -0.39 is 11.6 Å². The van der Waals surface area contributed by atoms with E-state index in [4.69, 9.17) is 0 Å². The topological polar surface area (TPSA) is 0 Å². The molecule has 2 atom stereocenters. The van der Waals surface area contributed by atoms with E-state index in [0.29, 0.717) is 5.92 Å². The van der Waals surface area contributed by atoms with Gasteiger partial charge in [0.15, 0.2) is 0 Å². The van der Waals surface area contributed by atoms with Gasteiger partial charge in [-0.1, -0.05) is 33.6 Å². The molecule has 0 N–H and O–H groups in total. The molecule has 3 heteroatoms. The fourth-order valence-electron chi connectivity index (χ4n) is 2.33. The second-order valence-corrected chi connectivity index (χ2v) is 5.00. The second-order valence-electron chi connectivity index (χ2n) is 5.00. The predicted molar refractivity (Wildman–Crippen MR) is 51.0 cm³/mol. The van der Waals surface area contributed by atoms with E-state index in [0.717, 1.165) is 25.7 Å². The highest BCUT2D eigenvalue weighted by Gasteiger charge is 2.53. The van der Waals surface area contributed by atoms with Crippen molar-refractivity contribution in [1.82, 2.24) is 0 Å². The van der Waals surface area contributed by atoms with Gasteiger partial charge < -0.3 is 0 Å². The first-order valence-electron chi connectivity index (χ1n) is 5.35. The highest BCUT2D eigenvalue weighted by atomic mass is 19.4. The zero-order chi connectivity index (χ0) is 11.0. The summed E-state index contributed by atoms with van der Waals surface area (Å²) >= 11 is 0. The number of hydrogen-bond donors (Lipinski definition) is 0. The molecule has 0 spiro atoms. The maximum absolute atomic E-state index is 12.7. The summed E-state index contributed by atoms with van der Waals surface area (Å²) in [6.45, 7) is 4.75. The van der Waals surface area contributed by atoms with Gasteiger partial charge >= 0.3 is 6.18 Å². The molecule has 0 aromatic carbocycles. The van der Waals surface area contributed by atoms with E-state index in [1.54, 1.807) is 0 Å². The molecule has 0 nitrogen and oxygen atoms in total. The molecular formula is C11H19F3. The maximum Gasteiger partial charge on any atom is 0.394 e. The lowest BCUT2D eigenvalue weighted by molar-refractivity contribution is -0.229. The molecule has 0 amide bonds. The lowest BCUT2D eigenvalue weighted by Crippen LogP contribution is -2.38. The van der Waals surface area contributed by atoms with Crippen molar-refractivity contribution in [1.29, 1.82) is 0 Å². The van der Waals surface area contributed by atoms with Gasteiger partial charge in [0.1, 0.15) is 0 Å². The largest absolute Gasteiger partial charge is 0.394 e. The SMILES string of the molecule is CCC1CCC(C(C)(C)C(F)(F)F)C1. The van der Waals surface area contributed by atoms with Crippen molar-refractivity contribution >= 4 is 0 Å². The van der Waals surface area contributed by atoms with Gasteiger partial charge in [-0.2, -0.15) is 13.2 Å². The monoisotopic (exact) mass is 208 g/mol. The molecule has 1 aliphatic carbocycles. The normalized spacial score (nSPS) is 29.6. The Kier molecular flexibility index (Phi) is 3.17. The van der Waals surface area contributed by atoms with Gasteiger partial charge in [-0.25, -0.2) is 0 Å². The quantitative estimate of drug-likeness (QED) is 0.631. The fraction of sp³-hybridized carbons (Fsp3) is 1.00. The van der Waals surface area contributed by atoms with Crippen LogP contribution in [0, 0.1) is 17.3 Å². The lowest BCUT2D eigenvalue weighted by atomic mass is 9.76. The molecule has 0 heterocycles. The minimum atomic E-state index is -4.06. The number of rotatable bonds is 2. The first-order chi connectivity index (χ1) is 6.29. The molecule has 0 aromatic rings. The van der Waals surface area contributed by atoms with Crippen LogP contribution in [-0.4, -0.2) is 6.18 Å². The van der Waals surface area contributed by atoms with Crippen LogP contribution in [0.1, 0.15) is 46.5 Å². The number of hydrogen-bond acceptors (Lipinski definition) is 0. The zero-order valence-electron chi connectivity index (χ0n) is 9.12. The molecule has 0 aromatic heterocycles. The van der Waals surface area contributed by atoms with Crippen LogP contribution in [0.3, 0.4) is 0 Å². The van der Waals surface area contributed by atoms with Crippen LogP contribution in [-0.2, 0) is 0 Å². The summed E-state index contributed by atoms with van der Waals surface area (Å²) in [5, 5.41) is 0. The van der Waals surface area contributed by atoms with Gasteiger partial charge in [-0.15, -0.1) is 0 Å². The third-order valence-electron chi connectivity index (χ3n) is 3.87. The van der Waals surface area contributed by atoms with Crippen LogP contribution in [0.2, 0.25) is 0 Å². The molecule has 1 saturated carbocycles. The van der Waals surface area contributed by atoms with Crippen molar-refractivity contribution < 1.29 is 13.2 Å². The van der Waals surface area contributed by atoms with Crippen LogP contribution in [0.4, 0.5) is 13.2 Å². The van der Waals surface area contributed by atoms with Crippen LogP contribution < -0.4 is 0 Å². The third-order valence-corrected chi connectivity index (χ3v) is 3.87.